The third-order valence-corrected chi connectivity index (χ3v) is 6.73. The van der Waals surface area contributed by atoms with E-state index in [9.17, 15) is 4.79 Å². The maximum Gasteiger partial charge on any atom is 0.256 e. The van der Waals surface area contributed by atoms with Gasteiger partial charge in [0.2, 0.25) is 0 Å². The van der Waals surface area contributed by atoms with E-state index in [1.165, 1.54) is 9.75 Å². The van der Waals surface area contributed by atoms with E-state index in [0.717, 1.165) is 41.9 Å². The van der Waals surface area contributed by atoms with E-state index in [1.54, 1.807) is 11.3 Å². The minimum absolute atomic E-state index is 0.104. The molecule has 30 heavy (non-hydrogen) atoms. The van der Waals surface area contributed by atoms with Crippen LogP contribution in [-0.4, -0.2) is 47.5 Å². The second-order valence-corrected chi connectivity index (χ2v) is 9.18. The summed E-state index contributed by atoms with van der Waals surface area (Å²) in [4.78, 5) is 17.9. The molecule has 0 radical (unpaired) electrons. The summed E-state index contributed by atoms with van der Waals surface area (Å²) in [5, 5.41) is 3.34. The van der Waals surface area contributed by atoms with Gasteiger partial charge in [-0.05, 0) is 54.1 Å². The Balaban J connectivity index is 1.56. The number of benzene rings is 1. The van der Waals surface area contributed by atoms with Crippen molar-refractivity contribution in [3.05, 3.63) is 74.9 Å². The summed E-state index contributed by atoms with van der Waals surface area (Å²) in [5.74, 6) is 0.104. The van der Waals surface area contributed by atoms with Crippen LogP contribution in [0.15, 0.2) is 59.6 Å². The van der Waals surface area contributed by atoms with Gasteiger partial charge in [-0.2, -0.15) is 0 Å². The minimum atomic E-state index is 0.104. The van der Waals surface area contributed by atoms with Crippen molar-refractivity contribution in [2.45, 2.75) is 32.5 Å². The first-order valence-corrected chi connectivity index (χ1v) is 11.5. The van der Waals surface area contributed by atoms with Gasteiger partial charge in [-0.3, -0.25) is 4.79 Å². The predicted octanol–water partition coefficient (Wildman–Crippen LogP) is 2.96. The fourth-order valence-corrected chi connectivity index (χ4v) is 5.42. The summed E-state index contributed by atoms with van der Waals surface area (Å²) < 4.78 is 7.15. The van der Waals surface area contributed by atoms with Crippen LogP contribution in [0, 0.1) is 0 Å². The standard InChI is InChI=1S/C25H26N2O2S/c1-17(2)29-21-9-12-27(16-21)25(28)22-14-20(18-6-4-3-5-7-18)15-26-11-8-19-10-13-30-24(19)23(22)26/h3-8,10,13-15,17,21H,9,11-12,16H2,1-2H3. The first-order chi connectivity index (χ1) is 14.6. The van der Waals surface area contributed by atoms with Crippen LogP contribution < -0.4 is 9.75 Å². The zero-order valence-electron chi connectivity index (χ0n) is 17.4. The first-order valence-electron chi connectivity index (χ1n) is 10.6. The Labute approximate surface area is 181 Å². The molecule has 1 aromatic heterocycles. The number of likely N-dealkylation sites (tertiary alicyclic amines) is 1. The second kappa shape index (κ2) is 7.89. The number of fused-ring (bicyclic) bond motifs is 2. The van der Waals surface area contributed by atoms with Crippen molar-refractivity contribution in [2.24, 2.45) is 0 Å². The lowest BCUT2D eigenvalue weighted by atomic mass is 9.96. The molecule has 0 N–H and O–H groups in total. The van der Waals surface area contributed by atoms with Crippen LogP contribution in [0.1, 0.15) is 25.8 Å². The lowest BCUT2D eigenvalue weighted by Gasteiger charge is -2.32. The van der Waals surface area contributed by atoms with E-state index < -0.39 is 0 Å². The van der Waals surface area contributed by atoms with Gasteiger partial charge in [0.25, 0.3) is 5.91 Å². The third kappa shape index (κ3) is 3.53. The maximum atomic E-state index is 13.7. The fourth-order valence-electron chi connectivity index (χ4n) is 4.44. The van der Waals surface area contributed by atoms with Crippen molar-refractivity contribution in [2.75, 3.05) is 19.6 Å². The molecule has 4 nitrogen and oxygen atoms in total. The second-order valence-electron chi connectivity index (χ2n) is 8.27. The Morgan fingerprint density at radius 2 is 2.03 bits per heavy atom. The highest BCUT2D eigenvalue weighted by Gasteiger charge is 2.33. The molecule has 154 valence electrons. The summed E-state index contributed by atoms with van der Waals surface area (Å²) >= 11 is 1.71. The fraction of sp³-hybridized carbons (Fsp3) is 0.320. The van der Waals surface area contributed by atoms with E-state index in [4.69, 9.17) is 4.74 Å². The molecule has 0 spiro atoms. The van der Waals surface area contributed by atoms with Crippen LogP contribution in [-0.2, 0) is 9.53 Å². The van der Waals surface area contributed by atoms with Gasteiger partial charge in [0, 0.05) is 25.8 Å². The third-order valence-electron chi connectivity index (χ3n) is 5.79. The maximum absolute atomic E-state index is 13.7. The van der Waals surface area contributed by atoms with E-state index >= 15 is 0 Å². The molecule has 0 bridgehead atoms. The summed E-state index contributed by atoms with van der Waals surface area (Å²) in [5.41, 5.74) is 4.03. The van der Waals surface area contributed by atoms with E-state index in [-0.39, 0.29) is 18.1 Å². The summed E-state index contributed by atoms with van der Waals surface area (Å²) in [6.07, 6.45) is 7.70. The smallest absolute Gasteiger partial charge is 0.256 e. The SMILES string of the molecule is CC(C)OC1CCN(C(=O)C2=CC(c3ccccc3)=CN3CC=c4ccsc4=C23)C1. The van der Waals surface area contributed by atoms with Crippen LogP contribution in [0.5, 0.6) is 0 Å². The quantitative estimate of drug-likeness (QED) is 0.765. The molecule has 3 aliphatic heterocycles. The molecule has 1 atom stereocenters. The average molecular weight is 419 g/mol. The molecule has 5 rings (SSSR count). The van der Waals surface area contributed by atoms with Gasteiger partial charge in [-0.25, -0.2) is 0 Å². The molecule has 1 unspecified atom stereocenters. The molecule has 0 saturated carbocycles. The predicted molar refractivity (Wildman–Crippen MR) is 122 cm³/mol. The Morgan fingerprint density at radius 3 is 2.83 bits per heavy atom. The van der Waals surface area contributed by atoms with Crippen LogP contribution >= 0.6 is 11.3 Å². The monoisotopic (exact) mass is 418 g/mol. The van der Waals surface area contributed by atoms with Crippen molar-refractivity contribution in [1.29, 1.82) is 0 Å². The zero-order valence-corrected chi connectivity index (χ0v) is 18.2. The van der Waals surface area contributed by atoms with Gasteiger partial charge in [0.15, 0.2) is 0 Å². The van der Waals surface area contributed by atoms with Gasteiger partial charge in [0.1, 0.15) is 0 Å². The minimum Gasteiger partial charge on any atom is -0.374 e. The molecule has 3 aliphatic rings. The first kappa shape index (κ1) is 19.3. The molecule has 4 heterocycles. The largest absolute Gasteiger partial charge is 0.374 e. The number of thiophene rings is 1. The van der Waals surface area contributed by atoms with Crippen molar-refractivity contribution in [3.63, 3.8) is 0 Å². The van der Waals surface area contributed by atoms with Gasteiger partial charge < -0.3 is 14.5 Å². The highest BCUT2D eigenvalue weighted by molar-refractivity contribution is 7.07. The normalized spacial score (nSPS) is 20.5. The summed E-state index contributed by atoms with van der Waals surface area (Å²) in [7, 11) is 0. The molecule has 1 saturated heterocycles. The van der Waals surface area contributed by atoms with Gasteiger partial charge in [-0.15, -0.1) is 11.3 Å². The van der Waals surface area contributed by atoms with Crippen LogP contribution in [0.25, 0.3) is 17.3 Å². The topological polar surface area (TPSA) is 32.8 Å². The highest BCUT2D eigenvalue weighted by Crippen LogP contribution is 2.32. The van der Waals surface area contributed by atoms with Crippen molar-refractivity contribution in [1.82, 2.24) is 9.80 Å². The molecular formula is C25H26N2O2S. The van der Waals surface area contributed by atoms with Gasteiger partial charge >= 0.3 is 0 Å². The molecule has 1 amide bonds. The zero-order chi connectivity index (χ0) is 20.7. The summed E-state index contributed by atoms with van der Waals surface area (Å²) in [6.45, 7) is 6.29. The number of carbonyl (C=O) groups excluding carboxylic acids is 1. The van der Waals surface area contributed by atoms with E-state index in [2.05, 4.69) is 60.7 Å². The number of hydrogen-bond acceptors (Lipinski definition) is 4. The van der Waals surface area contributed by atoms with Crippen LogP contribution in [0.4, 0.5) is 0 Å². The number of nitrogens with zero attached hydrogens (tertiary/aromatic N) is 2. The Kier molecular flexibility index (Phi) is 5.09. The molecule has 2 aromatic rings. The van der Waals surface area contributed by atoms with Gasteiger partial charge in [0.05, 0.1) is 28.0 Å². The lowest BCUT2D eigenvalue weighted by molar-refractivity contribution is -0.126. The number of carbonyl (C=O) groups is 1. The van der Waals surface area contributed by atoms with E-state index in [0.29, 0.717) is 6.54 Å². The number of hydrogen-bond donors (Lipinski definition) is 0. The number of allylic oxidation sites excluding steroid dienone is 2. The molecule has 0 aliphatic carbocycles. The molecular weight excluding hydrogens is 392 g/mol. The Bertz CT molecular complexity index is 1140. The molecule has 1 aromatic carbocycles. The Morgan fingerprint density at radius 1 is 1.20 bits per heavy atom. The van der Waals surface area contributed by atoms with Gasteiger partial charge in [-0.1, -0.05) is 36.4 Å². The number of rotatable bonds is 4. The molecule has 5 heteroatoms. The number of ether oxygens (including phenoxy) is 1. The summed E-state index contributed by atoms with van der Waals surface area (Å²) in [6, 6.07) is 12.4. The van der Waals surface area contributed by atoms with Crippen molar-refractivity contribution >= 4 is 34.6 Å². The van der Waals surface area contributed by atoms with Crippen LogP contribution in [0.3, 0.4) is 0 Å². The number of amides is 1. The Hall–Kier alpha value is -2.63. The lowest BCUT2D eigenvalue weighted by Crippen LogP contribution is -2.41. The average Bonchev–Trinajstić information content (AvgIpc) is 3.42. The van der Waals surface area contributed by atoms with Crippen LogP contribution in [0.2, 0.25) is 0 Å². The highest BCUT2D eigenvalue weighted by atomic mass is 32.1. The van der Waals surface area contributed by atoms with E-state index in [1.807, 2.05) is 23.1 Å². The van der Waals surface area contributed by atoms with Crippen molar-refractivity contribution < 1.29 is 9.53 Å². The molecule has 1 fully saturated rings. The van der Waals surface area contributed by atoms with Crippen molar-refractivity contribution in [3.8, 4) is 0 Å².